The highest BCUT2D eigenvalue weighted by Gasteiger charge is 2.37. The maximum absolute atomic E-state index is 12.1. The van der Waals surface area contributed by atoms with Crippen molar-refractivity contribution in [2.75, 3.05) is 7.11 Å². The van der Waals surface area contributed by atoms with Gasteiger partial charge < -0.3 is 4.74 Å². The third kappa shape index (κ3) is 3.33. The van der Waals surface area contributed by atoms with Gasteiger partial charge in [0.15, 0.2) is 0 Å². The number of nitrogens with one attached hydrogen (secondary N) is 1. The molecule has 2 unspecified atom stereocenters. The molecule has 0 aliphatic carbocycles. The van der Waals surface area contributed by atoms with Crippen molar-refractivity contribution in [2.24, 2.45) is 0 Å². The summed E-state index contributed by atoms with van der Waals surface area (Å²) in [5.41, 5.74) is 0.0672. The number of methoxy groups -OCH3 is 1. The fourth-order valence-electron chi connectivity index (χ4n) is 1.86. The molecule has 2 atom stereocenters. The van der Waals surface area contributed by atoms with E-state index in [4.69, 9.17) is 4.74 Å². The second-order valence-electron chi connectivity index (χ2n) is 4.58. The Morgan fingerprint density at radius 2 is 2.22 bits per heavy atom. The summed E-state index contributed by atoms with van der Waals surface area (Å²) in [6.07, 6.45) is 0.945. The fourth-order valence-corrected chi connectivity index (χ4v) is 2.26. The van der Waals surface area contributed by atoms with Crippen molar-refractivity contribution in [2.45, 2.75) is 38.8 Å². The maximum Gasteiger partial charge on any atom is 0.330 e. The van der Waals surface area contributed by atoms with Crippen LogP contribution in [0.1, 0.15) is 32.8 Å². The highest BCUT2D eigenvalue weighted by Crippen LogP contribution is 2.26. The quantitative estimate of drug-likeness (QED) is 0.848. The Morgan fingerprint density at radius 1 is 1.56 bits per heavy atom. The number of hydrogen-bond acceptors (Lipinski definition) is 3. The monoisotopic (exact) mass is 313 g/mol. The molecule has 0 radical (unpaired) electrons. The summed E-state index contributed by atoms with van der Waals surface area (Å²) in [7, 11) is 1.41. The van der Waals surface area contributed by atoms with E-state index in [-0.39, 0.29) is 12.0 Å². The molecule has 3 nitrogen and oxygen atoms in total. The lowest BCUT2D eigenvalue weighted by molar-refractivity contribution is -0.148. The molecule has 0 aromatic heterocycles. The van der Waals surface area contributed by atoms with Crippen molar-refractivity contribution in [1.82, 2.24) is 5.32 Å². The van der Waals surface area contributed by atoms with Gasteiger partial charge in [0.1, 0.15) is 5.54 Å². The number of carbonyl (C=O) groups is 1. The Kier molecular flexibility index (Phi) is 5.35. The Labute approximate surface area is 117 Å². The van der Waals surface area contributed by atoms with E-state index in [9.17, 15) is 4.79 Å². The van der Waals surface area contributed by atoms with Gasteiger partial charge in [-0.15, -0.1) is 0 Å². The number of benzene rings is 1. The van der Waals surface area contributed by atoms with Gasteiger partial charge in [-0.25, -0.2) is 4.79 Å². The normalized spacial score (nSPS) is 15.8. The van der Waals surface area contributed by atoms with Crippen molar-refractivity contribution >= 4 is 21.9 Å². The SMILES string of the molecule is CCC(C)NC(C)(C(=O)OC)c1cccc(Br)c1. The van der Waals surface area contributed by atoms with Crippen LogP contribution in [0.15, 0.2) is 28.7 Å². The van der Waals surface area contributed by atoms with Crippen LogP contribution >= 0.6 is 15.9 Å². The van der Waals surface area contributed by atoms with Crippen LogP contribution in [-0.4, -0.2) is 19.1 Å². The summed E-state index contributed by atoms with van der Waals surface area (Å²) in [4.78, 5) is 12.1. The Morgan fingerprint density at radius 3 is 2.72 bits per heavy atom. The predicted octanol–water partition coefficient (Wildman–Crippen LogP) is 3.23. The predicted molar refractivity (Wildman–Crippen MR) is 76.4 cm³/mol. The number of hydrogen-bond donors (Lipinski definition) is 1. The molecular formula is C14H20BrNO2. The zero-order valence-corrected chi connectivity index (χ0v) is 12.9. The molecular weight excluding hydrogens is 294 g/mol. The fraction of sp³-hybridized carbons (Fsp3) is 0.500. The second kappa shape index (κ2) is 6.34. The van der Waals surface area contributed by atoms with Crippen molar-refractivity contribution < 1.29 is 9.53 Å². The minimum absolute atomic E-state index is 0.230. The summed E-state index contributed by atoms with van der Waals surface area (Å²) >= 11 is 3.43. The molecule has 18 heavy (non-hydrogen) atoms. The van der Waals surface area contributed by atoms with E-state index >= 15 is 0 Å². The third-order valence-corrected chi connectivity index (χ3v) is 3.64. The minimum Gasteiger partial charge on any atom is -0.467 e. The van der Waals surface area contributed by atoms with Gasteiger partial charge in [0.05, 0.1) is 7.11 Å². The van der Waals surface area contributed by atoms with Gasteiger partial charge in [-0.2, -0.15) is 0 Å². The van der Waals surface area contributed by atoms with Crippen molar-refractivity contribution in [3.05, 3.63) is 34.3 Å². The largest absolute Gasteiger partial charge is 0.467 e. The molecule has 0 aliphatic rings. The number of carbonyl (C=O) groups excluding carboxylic acids is 1. The van der Waals surface area contributed by atoms with E-state index in [0.717, 1.165) is 16.5 Å². The molecule has 1 aromatic rings. The molecule has 0 bridgehead atoms. The standard InChI is InChI=1S/C14H20BrNO2/c1-5-10(2)16-14(3,13(17)18-4)11-7-6-8-12(15)9-11/h6-10,16H,5H2,1-4H3. The van der Waals surface area contributed by atoms with Gasteiger partial charge in [0.2, 0.25) is 0 Å². The van der Waals surface area contributed by atoms with Crippen LogP contribution in [0, 0.1) is 0 Å². The zero-order valence-electron chi connectivity index (χ0n) is 11.3. The molecule has 1 N–H and O–H groups in total. The molecule has 4 heteroatoms. The van der Waals surface area contributed by atoms with Crippen LogP contribution < -0.4 is 5.32 Å². The lowest BCUT2D eigenvalue weighted by atomic mass is 9.91. The van der Waals surface area contributed by atoms with Crippen molar-refractivity contribution in [3.63, 3.8) is 0 Å². The lowest BCUT2D eigenvalue weighted by Gasteiger charge is -2.31. The van der Waals surface area contributed by atoms with E-state index in [1.165, 1.54) is 7.11 Å². The molecule has 0 aliphatic heterocycles. The Balaban J connectivity index is 3.15. The number of esters is 1. The number of rotatable bonds is 5. The van der Waals surface area contributed by atoms with E-state index < -0.39 is 5.54 Å². The summed E-state index contributed by atoms with van der Waals surface area (Å²) < 4.78 is 5.88. The first-order chi connectivity index (χ1) is 8.43. The topological polar surface area (TPSA) is 38.3 Å². The van der Waals surface area contributed by atoms with Crippen molar-refractivity contribution in [3.8, 4) is 0 Å². The van der Waals surface area contributed by atoms with E-state index in [1.807, 2.05) is 31.2 Å². The molecule has 0 fully saturated rings. The van der Waals surface area contributed by atoms with Gasteiger partial charge in [0.25, 0.3) is 0 Å². The van der Waals surface area contributed by atoms with Gasteiger partial charge >= 0.3 is 5.97 Å². The average molecular weight is 314 g/mol. The summed E-state index contributed by atoms with van der Waals surface area (Å²) in [5, 5.41) is 3.34. The summed E-state index contributed by atoms with van der Waals surface area (Å²) in [5.74, 6) is -0.277. The first-order valence-corrected chi connectivity index (χ1v) is 6.85. The highest BCUT2D eigenvalue weighted by atomic mass is 79.9. The summed E-state index contributed by atoms with van der Waals surface area (Å²) in [6, 6.07) is 7.94. The van der Waals surface area contributed by atoms with Crippen LogP contribution in [-0.2, 0) is 15.1 Å². The lowest BCUT2D eigenvalue weighted by Crippen LogP contribution is -2.51. The molecule has 0 amide bonds. The second-order valence-corrected chi connectivity index (χ2v) is 5.50. The van der Waals surface area contributed by atoms with Crippen LogP contribution in [0.2, 0.25) is 0 Å². The van der Waals surface area contributed by atoms with Crippen LogP contribution in [0.25, 0.3) is 0 Å². The smallest absolute Gasteiger partial charge is 0.330 e. The van der Waals surface area contributed by atoms with E-state index in [2.05, 4.69) is 35.1 Å². The zero-order chi connectivity index (χ0) is 13.8. The molecule has 0 heterocycles. The van der Waals surface area contributed by atoms with Crippen LogP contribution in [0.5, 0.6) is 0 Å². The first-order valence-electron chi connectivity index (χ1n) is 6.06. The van der Waals surface area contributed by atoms with E-state index in [1.54, 1.807) is 0 Å². The summed E-state index contributed by atoms with van der Waals surface area (Å²) in [6.45, 7) is 5.99. The molecule has 1 rings (SSSR count). The maximum atomic E-state index is 12.1. The molecule has 0 saturated carbocycles. The third-order valence-electron chi connectivity index (χ3n) is 3.14. The minimum atomic E-state index is -0.825. The average Bonchev–Trinajstić information content (AvgIpc) is 2.37. The van der Waals surface area contributed by atoms with Crippen LogP contribution in [0.3, 0.4) is 0 Å². The number of ether oxygens (including phenoxy) is 1. The Hall–Kier alpha value is -0.870. The Bertz CT molecular complexity index is 422. The van der Waals surface area contributed by atoms with Gasteiger partial charge in [-0.1, -0.05) is 35.0 Å². The van der Waals surface area contributed by atoms with Crippen molar-refractivity contribution in [1.29, 1.82) is 0 Å². The molecule has 0 saturated heterocycles. The van der Waals surface area contributed by atoms with E-state index in [0.29, 0.717) is 0 Å². The number of halogens is 1. The first kappa shape index (κ1) is 15.2. The van der Waals surface area contributed by atoms with Gasteiger partial charge in [-0.05, 0) is 38.0 Å². The molecule has 0 spiro atoms. The van der Waals surface area contributed by atoms with Crippen LogP contribution in [0.4, 0.5) is 0 Å². The molecule has 100 valence electrons. The van der Waals surface area contributed by atoms with Gasteiger partial charge in [0, 0.05) is 10.5 Å². The van der Waals surface area contributed by atoms with Gasteiger partial charge in [-0.3, -0.25) is 5.32 Å². The molecule has 1 aromatic carbocycles. The highest BCUT2D eigenvalue weighted by molar-refractivity contribution is 9.10.